The molecule has 17 heavy (non-hydrogen) atoms. The largest absolute Gasteiger partial charge is 0.335 e. The van der Waals surface area contributed by atoms with Gasteiger partial charge in [0.15, 0.2) is 5.17 Å². The van der Waals surface area contributed by atoms with Crippen LogP contribution in [-0.4, -0.2) is 17.0 Å². The Bertz CT molecular complexity index is 431. The van der Waals surface area contributed by atoms with Crippen LogP contribution in [0.4, 0.5) is 10.1 Å². The van der Waals surface area contributed by atoms with Crippen molar-refractivity contribution in [1.29, 1.82) is 0 Å². The predicted octanol–water partition coefficient (Wildman–Crippen LogP) is 3.82. The Hall–Kier alpha value is -1.03. The molecule has 2 nitrogen and oxygen atoms in total. The molecule has 1 aliphatic heterocycles. The summed E-state index contributed by atoms with van der Waals surface area (Å²) in [4.78, 5) is 4.47. The van der Waals surface area contributed by atoms with E-state index in [4.69, 9.17) is 0 Å². The number of aryl methyl sites for hydroxylation is 1. The fraction of sp³-hybridized carbons (Fsp3) is 0.462. The number of amidine groups is 1. The summed E-state index contributed by atoms with van der Waals surface area (Å²) < 4.78 is 13.0. The van der Waals surface area contributed by atoms with E-state index in [1.54, 1.807) is 17.8 Å². The average molecular weight is 252 g/mol. The Morgan fingerprint density at radius 1 is 1.53 bits per heavy atom. The number of benzene rings is 1. The van der Waals surface area contributed by atoms with E-state index in [9.17, 15) is 4.39 Å². The van der Waals surface area contributed by atoms with Crippen LogP contribution in [-0.2, 0) is 0 Å². The van der Waals surface area contributed by atoms with E-state index >= 15 is 0 Å². The topological polar surface area (TPSA) is 24.4 Å². The molecular weight excluding hydrogens is 235 g/mol. The van der Waals surface area contributed by atoms with Crippen molar-refractivity contribution in [3.63, 3.8) is 0 Å². The van der Waals surface area contributed by atoms with Crippen molar-refractivity contribution in [3.05, 3.63) is 29.6 Å². The van der Waals surface area contributed by atoms with Gasteiger partial charge < -0.3 is 5.32 Å². The molecule has 1 N–H and O–H groups in total. The van der Waals surface area contributed by atoms with Gasteiger partial charge in [0.2, 0.25) is 0 Å². The SMILES string of the molecule is CCCC1CN=C(Nc2ccc(F)cc2C)S1. The molecule has 0 saturated heterocycles. The summed E-state index contributed by atoms with van der Waals surface area (Å²) in [5.41, 5.74) is 1.85. The maximum Gasteiger partial charge on any atom is 0.161 e. The highest BCUT2D eigenvalue weighted by Crippen LogP contribution is 2.26. The van der Waals surface area contributed by atoms with Gasteiger partial charge in [-0.25, -0.2) is 4.39 Å². The summed E-state index contributed by atoms with van der Waals surface area (Å²) in [7, 11) is 0. The van der Waals surface area contributed by atoms with Gasteiger partial charge in [0.25, 0.3) is 0 Å². The number of halogens is 1. The number of hydrogen-bond acceptors (Lipinski definition) is 3. The lowest BCUT2D eigenvalue weighted by Gasteiger charge is -2.10. The quantitative estimate of drug-likeness (QED) is 0.884. The monoisotopic (exact) mass is 252 g/mol. The third-order valence-electron chi connectivity index (χ3n) is 2.76. The van der Waals surface area contributed by atoms with Gasteiger partial charge in [0.1, 0.15) is 5.82 Å². The van der Waals surface area contributed by atoms with Gasteiger partial charge in [-0.2, -0.15) is 0 Å². The first-order valence-electron chi connectivity index (χ1n) is 5.93. The summed E-state index contributed by atoms with van der Waals surface area (Å²) in [6.45, 7) is 4.98. The molecular formula is C13H17FN2S. The minimum absolute atomic E-state index is 0.196. The molecule has 0 amide bonds. The smallest absolute Gasteiger partial charge is 0.161 e. The van der Waals surface area contributed by atoms with E-state index in [2.05, 4.69) is 17.2 Å². The van der Waals surface area contributed by atoms with E-state index in [0.717, 1.165) is 23.0 Å². The highest BCUT2D eigenvalue weighted by atomic mass is 32.2. The molecule has 92 valence electrons. The average Bonchev–Trinajstić information content (AvgIpc) is 2.71. The van der Waals surface area contributed by atoms with Crippen molar-refractivity contribution in [2.24, 2.45) is 4.99 Å². The second-order valence-corrected chi connectivity index (χ2v) is 5.55. The Morgan fingerprint density at radius 3 is 3.06 bits per heavy atom. The van der Waals surface area contributed by atoms with Crippen LogP contribution in [0.1, 0.15) is 25.3 Å². The first kappa shape index (κ1) is 12.4. The zero-order valence-corrected chi connectivity index (χ0v) is 11.0. The molecule has 0 radical (unpaired) electrons. The third-order valence-corrected chi connectivity index (χ3v) is 3.93. The minimum Gasteiger partial charge on any atom is -0.335 e. The van der Waals surface area contributed by atoms with Crippen LogP contribution in [0.25, 0.3) is 0 Å². The normalized spacial score (nSPS) is 19.2. The fourth-order valence-electron chi connectivity index (χ4n) is 1.84. The van der Waals surface area contributed by atoms with Gasteiger partial charge in [-0.15, -0.1) is 0 Å². The third kappa shape index (κ3) is 3.22. The van der Waals surface area contributed by atoms with E-state index in [1.165, 1.54) is 25.0 Å². The maximum absolute atomic E-state index is 13.0. The highest BCUT2D eigenvalue weighted by Gasteiger charge is 2.18. The van der Waals surface area contributed by atoms with Crippen molar-refractivity contribution in [3.8, 4) is 0 Å². The summed E-state index contributed by atoms with van der Waals surface area (Å²) in [5, 5.41) is 4.83. The van der Waals surface area contributed by atoms with Gasteiger partial charge in [-0.3, -0.25) is 4.99 Å². The van der Waals surface area contributed by atoms with Crippen molar-refractivity contribution in [2.75, 3.05) is 11.9 Å². The van der Waals surface area contributed by atoms with Gasteiger partial charge in [0, 0.05) is 10.9 Å². The van der Waals surface area contributed by atoms with Crippen molar-refractivity contribution < 1.29 is 4.39 Å². The van der Waals surface area contributed by atoms with Crippen LogP contribution in [0.2, 0.25) is 0 Å². The van der Waals surface area contributed by atoms with Crippen LogP contribution >= 0.6 is 11.8 Å². The van der Waals surface area contributed by atoms with Gasteiger partial charge in [-0.1, -0.05) is 25.1 Å². The van der Waals surface area contributed by atoms with E-state index in [-0.39, 0.29) is 5.82 Å². The molecule has 1 aromatic carbocycles. The zero-order valence-electron chi connectivity index (χ0n) is 10.2. The molecule has 0 aliphatic carbocycles. The molecule has 0 fully saturated rings. The van der Waals surface area contributed by atoms with E-state index < -0.39 is 0 Å². The highest BCUT2D eigenvalue weighted by molar-refractivity contribution is 8.15. The molecule has 0 aromatic heterocycles. The number of anilines is 1. The number of nitrogens with zero attached hydrogens (tertiary/aromatic N) is 1. The number of aliphatic imine (C=N–C) groups is 1. The van der Waals surface area contributed by atoms with Crippen LogP contribution in [0, 0.1) is 12.7 Å². The summed E-state index contributed by atoms with van der Waals surface area (Å²) in [6, 6.07) is 4.77. The molecule has 0 bridgehead atoms. The van der Waals surface area contributed by atoms with Crippen molar-refractivity contribution in [1.82, 2.24) is 0 Å². The molecule has 4 heteroatoms. The van der Waals surface area contributed by atoms with E-state index in [0.29, 0.717) is 5.25 Å². The molecule has 0 saturated carbocycles. The Balaban J connectivity index is 1.98. The van der Waals surface area contributed by atoms with Crippen molar-refractivity contribution in [2.45, 2.75) is 31.9 Å². The minimum atomic E-state index is -0.196. The first-order valence-corrected chi connectivity index (χ1v) is 6.81. The van der Waals surface area contributed by atoms with Crippen LogP contribution in [0.5, 0.6) is 0 Å². The maximum atomic E-state index is 13.0. The zero-order chi connectivity index (χ0) is 12.3. The van der Waals surface area contributed by atoms with E-state index in [1.807, 2.05) is 6.92 Å². The van der Waals surface area contributed by atoms with Crippen LogP contribution in [0.3, 0.4) is 0 Å². The lowest BCUT2D eigenvalue weighted by molar-refractivity contribution is 0.627. The molecule has 1 aliphatic rings. The second-order valence-electron chi connectivity index (χ2n) is 4.26. The summed E-state index contributed by atoms with van der Waals surface area (Å²) in [5.74, 6) is -0.196. The number of thioether (sulfide) groups is 1. The van der Waals surface area contributed by atoms with Gasteiger partial charge in [-0.05, 0) is 37.1 Å². The predicted molar refractivity (Wildman–Crippen MR) is 73.3 cm³/mol. The molecule has 1 heterocycles. The first-order chi connectivity index (χ1) is 8.19. The molecule has 2 rings (SSSR count). The number of nitrogens with one attached hydrogen (secondary N) is 1. The number of hydrogen-bond donors (Lipinski definition) is 1. The van der Waals surface area contributed by atoms with Gasteiger partial charge >= 0.3 is 0 Å². The summed E-state index contributed by atoms with van der Waals surface area (Å²) >= 11 is 1.79. The molecule has 1 atom stereocenters. The number of rotatable bonds is 3. The Kier molecular flexibility index (Phi) is 4.05. The molecule has 1 aromatic rings. The lowest BCUT2D eigenvalue weighted by atomic mass is 10.2. The Labute approximate surface area is 106 Å². The standard InChI is InChI=1S/C13H17FN2S/c1-3-4-11-8-15-13(17-11)16-12-6-5-10(14)7-9(12)2/h5-7,11H,3-4,8H2,1-2H3,(H,15,16). The Morgan fingerprint density at radius 2 is 2.35 bits per heavy atom. The van der Waals surface area contributed by atoms with Crippen LogP contribution in [0.15, 0.2) is 23.2 Å². The van der Waals surface area contributed by atoms with Gasteiger partial charge in [0.05, 0.1) is 6.54 Å². The second kappa shape index (κ2) is 5.54. The molecule has 1 unspecified atom stereocenters. The fourth-order valence-corrected chi connectivity index (χ4v) is 2.98. The molecule has 0 spiro atoms. The summed E-state index contributed by atoms with van der Waals surface area (Å²) in [6.07, 6.45) is 2.39. The lowest BCUT2D eigenvalue weighted by Crippen LogP contribution is -2.08. The van der Waals surface area contributed by atoms with Crippen molar-refractivity contribution >= 4 is 22.6 Å². The van der Waals surface area contributed by atoms with Crippen LogP contribution < -0.4 is 5.32 Å².